The molecule has 1 aliphatic rings. The van der Waals surface area contributed by atoms with E-state index in [-0.39, 0.29) is 5.97 Å². The van der Waals surface area contributed by atoms with E-state index >= 15 is 0 Å². The Morgan fingerprint density at radius 3 is 2.57 bits per heavy atom. The van der Waals surface area contributed by atoms with Crippen LogP contribution in [0.15, 0.2) is 79.0 Å². The molecule has 1 fully saturated rings. The zero-order chi connectivity index (χ0) is 20.5. The summed E-state index contributed by atoms with van der Waals surface area (Å²) in [7, 11) is 1.43. The molecule has 30 heavy (non-hydrogen) atoms. The Bertz CT molecular complexity index is 1230. The van der Waals surface area contributed by atoms with Crippen LogP contribution >= 0.6 is 0 Å². The molecular weight excluding hydrogens is 370 g/mol. The van der Waals surface area contributed by atoms with Crippen LogP contribution in [0.2, 0.25) is 0 Å². The van der Waals surface area contributed by atoms with Crippen LogP contribution in [-0.2, 0) is 11.2 Å². The second kappa shape index (κ2) is 7.75. The van der Waals surface area contributed by atoms with Crippen molar-refractivity contribution in [1.82, 2.24) is 4.98 Å². The molecular formula is C27H23NO2. The number of hydrogen-bond acceptors (Lipinski definition) is 3. The maximum absolute atomic E-state index is 12.5. The van der Waals surface area contributed by atoms with E-state index in [1.165, 1.54) is 41.9 Å². The van der Waals surface area contributed by atoms with Crippen LogP contribution in [0.4, 0.5) is 0 Å². The lowest BCUT2D eigenvalue weighted by molar-refractivity contribution is 0.0599. The molecule has 1 saturated carbocycles. The van der Waals surface area contributed by atoms with Crippen molar-refractivity contribution in [3.05, 3.63) is 101 Å². The molecule has 0 atom stereocenters. The van der Waals surface area contributed by atoms with Crippen molar-refractivity contribution >= 4 is 16.7 Å². The summed E-state index contributed by atoms with van der Waals surface area (Å²) in [5.41, 5.74) is 6.02. The molecule has 0 spiro atoms. The fourth-order valence-electron chi connectivity index (χ4n) is 4.06. The third-order valence-electron chi connectivity index (χ3n) is 5.88. The fraction of sp³-hybridized carbons (Fsp3) is 0.185. The number of esters is 1. The number of carbonyl (C=O) groups excluding carboxylic acids is 1. The first-order chi connectivity index (χ1) is 14.7. The van der Waals surface area contributed by atoms with Crippen molar-refractivity contribution in [3.63, 3.8) is 0 Å². The first-order valence-electron chi connectivity index (χ1n) is 10.4. The Hall–Kier alpha value is -3.46. The number of rotatable bonds is 5. The van der Waals surface area contributed by atoms with E-state index in [1.807, 2.05) is 18.3 Å². The van der Waals surface area contributed by atoms with Gasteiger partial charge < -0.3 is 4.74 Å². The largest absolute Gasteiger partial charge is 0.465 e. The van der Waals surface area contributed by atoms with Gasteiger partial charge in [0.15, 0.2) is 0 Å². The monoisotopic (exact) mass is 393 g/mol. The Balaban J connectivity index is 1.57. The Morgan fingerprint density at radius 1 is 0.967 bits per heavy atom. The van der Waals surface area contributed by atoms with Gasteiger partial charge in [0.05, 0.1) is 18.4 Å². The third kappa shape index (κ3) is 3.59. The van der Waals surface area contributed by atoms with Gasteiger partial charge in [-0.25, -0.2) is 4.79 Å². The average Bonchev–Trinajstić information content (AvgIpc) is 3.65. The van der Waals surface area contributed by atoms with E-state index in [9.17, 15) is 4.79 Å². The summed E-state index contributed by atoms with van der Waals surface area (Å²) in [5, 5.41) is 2.36. The van der Waals surface area contributed by atoms with Crippen LogP contribution in [0.25, 0.3) is 21.9 Å². The summed E-state index contributed by atoms with van der Waals surface area (Å²) in [5.74, 6) is 0.228. The number of benzene rings is 3. The van der Waals surface area contributed by atoms with Gasteiger partial charge in [-0.15, -0.1) is 0 Å². The molecule has 0 unspecified atom stereocenters. The van der Waals surface area contributed by atoms with Gasteiger partial charge >= 0.3 is 5.97 Å². The van der Waals surface area contributed by atoms with Gasteiger partial charge in [-0.2, -0.15) is 0 Å². The van der Waals surface area contributed by atoms with Crippen LogP contribution in [0.5, 0.6) is 0 Å². The highest BCUT2D eigenvalue weighted by atomic mass is 16.5. The molecule has 1 heterocycles. The Labute approximate surface area is 176 Å². The molecule has 4 aromatic rings. The van der Waals surface area contributed by atoms with E-state index in [2.05, 4.69) is 60.7 Å². The van der Waals surface area contributed by atoms with Crippen molar-refractivity contribution in [2.24, 2.45) is 0 Å². The van der Waals surface area contributed by atoms with E-state index in [1.54, 1.807) is 0 Å². The van der Waals surface area contributed by atoms with E-state index in [4.69, 9.17) is 9.72 Å². The molecule has 3 aromatic carbocycles. The quantitative estimate of drug-likeness (QED) is 0.381. The number of hydrogen-bond donors (Lipinski definition) is 0. The highest BCUT2D eigenvalue weighted by Crippen LogP contribution is 2.40. The number of methoxy groups -OCH3 is 1. The van der Waals surface area contributed by atoms with Gasteiger partial charge in [-0.05, 0) is 63.9 Å². The van der Waals surface area contributed by atoms with Gasteiger partial charge in [0.25, 0.3) is 0 Å². The number of aromatic nitrogens is 1. The van der Waals surface area contributed by atoms with Gasteiger partial charge in [0.1, 0.15) is 0 Å². The Kier molecular flexibility index (Phi) is 4.80. The van der Waals surface area contributed by atoms with E-state index in [0.29, 0.717) is 17.9 Å². The predicted octanol–water partition coefficient (Wildman–Crippen LogP) is 6.16. The lowest BCUT2D eigenvalue weighted by atomic mass is 9.95. The fourth-order valence-corrected chi connectivity index (χ4v) is 4.06. The van der Waals surface area contributed by atoms with Gasteiger partial charge in [0.2, 0.25) is 0 Å². The molecule has 0 aliphatic heterocycles. The third-order valence-corrected chi connectivity index (χ3v) is 5.88. The number of pyridine rings is 1. The molecule has 0 radical (unpaired) electrons. The maximum Gasteiger partial charge on any atom is 0.339 e. The van der Waals surface area contributed by atoms with Crippen LogP contribution < -0.4 is 0 Å². The molecule has 5 rings (SSSR count). The molecule has 3 nitrogen and oxygen atoms in total. The summed E-state index contributed by atoms with van der Waals surface area (Å²) < 4.78 is 5.06. The summed E-state index contributed by atoms with van der Waals surface area (Å²) in [6, 6.07) is 25.2. The molecule has 0 saturated heterocycles. The van der Waals surface area contributed by atoms with Gasteiger partial charge in [-0.1, -0.05) is 60.7 Å². The number of carbonyl (C=O) groups is 1. The maximum atomic E-state index is 12.5. The van der Waals surface area contributed by atoms with Crippen LogP contribution in [0.3, 0.4) is 0 Å². The van der Waals surface area contributed by atoms with Crippen molar-refractivity contribution in [2.75, 3.05) is 7.11 Å². The summed E-state index contributed by atoms with van der Waals surface area (Å²) in [6.07, 6.45) is 4.87. The van der Waals surface area contributed by atoms with Crippen LogP contribution in [-0.4, -0.2) is 18.1 Å². The highest BCUT2D eigenvalue weighted by Gasteiger charge is 2.26. The van der Waals surface area contributed by atoms with Crippen molar-refractivity contribution in [3.8, 4) is 11.1 Å². The smallest absolute Gasteiger partial charge is 0.339 e. The molecule has 1 aromatic heterocycles. The number of ether oxygens (including phenoxy) is 1. The second-order valence-corrected chi connectivity index (χ2v) is 7.92. The minimum absolute atomic E-state index is 0.315. The van der Waals surface area contributed by atoms with Crippen molar-refractivity contribution in [1.29, 1.82) is 0 Å². The minimum atomic E-state index is -0.315. The SMILES string of the molecule is COC(=O)c1cc(C2CC2)cnc1Cc1cccc2ccc(-c3ccccc3)cc12. The highest BCUT2D eigenvalue weighted by molar-refractivity contribution is 5.92. The predicted molar refractivity (Wildman–Crippen MR) is 120 cm³/mol. The standard InChI is InChI=1S/C27H23NO2/c1-30-27(29)25-15-23(19-10-11-19)17-28-26(25)16-22-9-5-8-20-12-13-21(14-24(20)22)18-6-3-2-4-7-18/h2-9,12-15,17,19H,10-11,16H2,1H3. The molecule has 0 N–H and O–H groups in total. The zero-order valence-corrected chi connectivity index (χ0v) is 17.0. The van der Waals surface area contributed by atoms with Crippen molar-refractivity contribution in [2.45, 2.75) is 25.2 Å². The summed E-state index contributed by atoms with van der Waals surface area (Å²) >= 11 is 0. The molecule has 148 valence electrons. The zero-order valence-electron chi connectivity index (χ0n) is 17.0. The molecule has 0 amide bonds. The summed E-state index contributed by atoms with van der Waals surface area (Å²) in [4.78, 5) is 17.2. The lowest BCUT2D eigenvalue weighted by Gasteiger charge is -2.12. The van der Waals surface area contributed by atoms with Gasteiger partial charge in [-0.3, -0.25) is 4.98 Å². The van der Waals surface area contributed by atoms with Crippen molar-refractivity contribution < 1.29 is 9.53 Å². The Morgan fingerprint density at radius 2 is 1.80 bits per heavy atom. The van der Waals surface area contributed by atoms with E-state index in [0.717, 1.165) is 16.8 Å². The molecule has 0 bridgehead atoms. The first kappa shape index (κ1) is 18.6. The summed E-state index contributed by atoms with van der Waals surface area (Å²) in [6.45, 7) is 0. The number of fused-ring (bicyclic) bond motifs is 1. The van der Waals surface area contributed by atoms with E-state index < -0.39 is 0 Å². The van der Waals surface area contributed by atoms with Crippen LogP contribution in [0, 0.1) is 0 Å². The molecule has 3 heteroatoms. The van der Waals surface area contributed by atoms with Gasteiger partial charge in [0, 0.05) is 12.6 Å². The molecule has 1 aliphatic carbocycles. The minimum Gasteiger partial charge on any atom is -0.465 e. The first-order valence-corrected chi connectivity index (χ1v) is 10.4. The topological polar surface area (TPSA) is 39.2 Å². The average molecular weight is 393 g/mol. The lowest BCUT2D eigenvalue weighted by Crippen LogP contribution is -2.09. The second-order valence-electron chi connectivity index (χ2n) is 7.92. The normalized spacial score (nSPS) is 13.4. The number of nitrogens with zero attached hydrogens (tertiary/aromatic N) is 1. The van der Waals surface area contributed by atoms with Crippen LogP contribution in [0.1, 0.15) is 45.9 Å².